The van der Waals surface area contributed by atoms with E-state index in [1.165, 1.54) is 6.08 Å². The van der Waals surface area contributed by atoms with Crippen LogP contribution in [0.5, 0.6) is 0 Å². The molecule has 0 rings (SSSR count). The zero-order valence-electron chi connectivity index (χ0n) is 6.37. The van der Waals surface area contributed by atoms with Gasteiger partial charge in [-0.15, -0.1) is 0 Å². The molecule has 0 heterocycles. The van der Waals surface area contributed by atoms with E-state index in [1.54, 1.807) is 0 Å². The van der Waals surface area contributed by atoms with E-state index in [2.05, 4.69) is 9.98 Å². The van der Waals surface area contributed by atoms with Crippen LogP contribution in [0.1, 0.15) is 6.42 Å². The van der Waals surface area contributed by atoms with Crippen molar-refractivity contribution >= 4 is 22.3 Å². The van der Waals surface area contributed by atoms with Crippen LogP contribution >= 0.6 is 0 Å². The molecule has 1 N–H and O–H groups in total. The fourth-order valence-corrected chi connectivity index (χ4v) is 1.14. The Balaban J connectivity index is 4.45. The van der Waals surface area contributed by atoms with Crippen molar-refractivity contribution < 1.29 is 22.6 Å². The zero-order chi connectivity index (χ0) is 10.3. The summed E-state index contributed by atoms with van der Waals surface area (Å²) in [5.74, 6) is 0. The Morgan fingerprint density at radius 3 is 2.31 bits per heavy atom. The van der Waals surface area contributed by atoms with Crippen molar-refractivity contribution in [2.75, 3.05) is 6.54 Å². The predicted octanol–water partition coefficient (Wildman–Crippen LogP) is -0.738. The van der Waals surface area contributed by atoms with Gasteiger partial charge in [-0.3, -0.25) is 4.55 Å². The molecule has 0 aromatic heterocycles. The van der Waals surface area contributed by atoms with Crippen LogP contribution in [0.25, 0.3) is 0 Å². The van der Waals surface area contributed by atoms with Gasteiger partial charge in [0.25, 0.3) is 10.1 Å². The normalized spacial score (nSPS) is 12.4. The first kappa shape index (κ1) is 11.7. The summed E-state index contributed by atoms with van der Waals surface area (Å²) in [6, 6.07) is 0. The minimum absolute atomic E-state index is 0.181. The zero-order valence-corrected chi connectivity index (χ0v) is 7.19. The summed E-state index contributed by atoms with van der Waals surface area (Å²) >= 11 is 0. The second kappa shape index (κ2) is 5.34. The van der Waals surface area contributed by atoms with Crippen LogP contribution < -0.4 is 0 Å². The van der Waals surface area contributed by atoms with Crippen molar-refractivity contribution in [1.29, 1.82) is 0 Å². The van der Waals surface area contributed by atoms with Gasteiger partial charge in [0.1, 0.15) is 0 Å². The van der Waals surface area contributed by atoms with Gasteiger partial charge in [0, 0.05) is 6.42 Å². The molecule has 0 aliphatic carbocycles. The van der Waals surface area contributed by atoms with Crippen molar-refractivity contribution in [3.05, 3.63) is 0 Å². The first-order chi connectivity index (χ1) is 6.02. The minimum Gasteiger partial charge on any atom is -0.284 e. The molecule has 0 aromatic rings. The average molecular weight is 206 g/mol. The highest BCUT2D eigenvalue weighted by Crippen LogP contribution is 2.04. The summed E-state index contributed by atoms with van der Waals surface area (Å²) in [5.41, 5.74) is 0. The Morgan fingerprint density at radius 2 is 1.92 bits per heavy atom. The molecule has 1 unspecified atom stereocenters. The first-order valence-electron chi connectivity index (χ1n) is 3.09. The Kier molecular flexibility index (Phi) is 4.79. The average Bonchev–Trinajstić information content (AvgIpc) is 2.01. The lowest BCUT2D eigenvalue weighted by Gasteiger charge is -2.02. The number of isocyanates is 2. The van der Waals surface area contributed by atoms with Gasteiger partial charge in [-0.1, -0.05) is 0 Å². The van der Waals surface area contributed by atoms with Gasteiger partial charge >= 0.3 is 0 Å². The molecule has 0 saturated heterocycles. The van der Waals surface area contributed by atoms with Gasteiger partial charge in [-0.2, -0.15) is 13.4 Å². The predicted molar refractivity (Wildman–Crippen MR) is 41.1 cm³/mol. The molecule has 0 aliphatic heterocycles. The lowest BCUT2D eigenvalue weighted by Crippen LogP contribution is -2.18. The highest BCUT2D eigenvalue weighted by atomic mass is 32.2. The standard InChI is InChI=1S/C5H6N2O5S/c8-3-6-2-1-5(7-4-9)13(10,11)12/h5H,1-2H2,(H,10,11,12). The maximum Gasteiger partial charge on any atom is 0.289 e. The van der Waals surface area contributed by atoms with Gasteiger partial charge in [0.05, 0.1) is 6.54 Å². The van der Waals surface area contributed by atoms with Crippen LogP contribution in [0.15, 0.2) is 9.98 Å². The Morgan fingerprint density at radius 1 is 1.31 bits per heavy atom. The summed E-state index contributed by atoms with van der Waals surface area (Å²) < 4.78 is 29.4. The molecule has 7 nitrogen and oxygen atoms in total. The molecule has 13 heavy (non-hydrogen) atoms. The monoisotopic (exact) mass is 206 g/mol. The lowest BCUT2D eigenvalue weighted by molar-refractivity contribution is 0.463. The highest BCUT2D eigenvalue weighted by Gasteiger charge is 2.21. The van der Waals surface area contributed by atoms with Crippen LogP contribution in [0.4, 0.5) is 0 Å². The van der Waals surface area contributed by atoms with Crippen LogP contribution in [0.3, 0.4) is 0 Å². The van der Waals surface area contributed by atoms with E-state index in [9.17, 15) is 18.0 Å². The van der Waals surface area contributed by atoms with Gasteiger partial charge in [0.15, 0.2) is 5.37 Å². The molecular formula is C5H6N2O5S. The highest BCUT2D eigenvalue weighted by molar-refractivity contribution is 7.86. The quantitative estimate of drug-likeness (QED) is 0.361. The van der Waals surface area contributed by atoms with E-state index in [0.29, 0.717) is 0 Å². The van der Waals surface area contributed by atoms with Crippen LogP contribution in [0.2, 0.25) is 0 Å². The Bertz CT molecular complexity index is 349. The van der Waals surface area contributed by atoms with Crippen molar-refractivity contribution in [1.82, 2.24) is 0 Å². The molecule has 0 aliphatic rings. The fourth-order valence-electron chi connectivity index (χ4n) is 0.560. The molecule has 1 atom stereocenters. The molecule has 0 saturated carbocycles. The number of hydrogen-bond acceptors (Lipinski definition) is 6. The molecule has 0 radical (unpaired) electrons. The molecular weight excluding hydrogens is 200 g/mol. The van der Waals surface area contributed by atoms with E-state index in [4.69, 9.17) is 4.55 Å². The van der Waals surface area contributed by atoms with Crippen molar-refractivity contribution in [2.45, 2.75) is 11.8 Å². The summed E-state index contributed by atoms with van der Waals surface area (Å²) in [7, 11) is -4.43. The number of nitrogens with zero attached hydrogens (tertiary/aromatic N) is 2. The van der Waals surface area contributed by atoms with Gasteiger partial charge in [-0.05, 0) is 0 Å². The van der Waals surface area contributed by atoms with Gasteiger partial charge < -0.3 is 0 Å². The molecule has 0 spiro atoms. The third-order valence-electron chi connectivity index (χ3n) is 1.09. The smallest absolute Gasteiger partial charge is 0.284 e. The van der Waals surface area contributed by atoms with E-state index < -0.39 is 15.5 Å². The number of hydrogen-bond donors (Lipinski definition) is 1. The fraction of sp³-hybridized carbons (Fsp3) is 0.600. The third-order valence-corrected chi connectivity index (χ3v) is 2.12. The SMILES string of the molecule is O=C=NCCC(N=C=O)S(=O)(=O)O. The second-order valence-electron chi connectivity index (χ2n) is 1.95. The number of rotatable bonds is 5. The summed E-state index contributed by atoms with van der Waals surface area (Å²) in [6.07, 6.45) is 1.91. The van der Waals surface area contributed by atoms with Crippen LogP contribution in [0, 0.1) is 0 Å². The van der Waals surface area contributed by atoms with Gasteiger partial charge in [0.2, 0.25) is 12.2 Å². The lowest BCUT2D eigenvalue weighted by atomic mass is 10.4. The van der Waals surface area contributed by atoms with E-state index in [0.717, 1.165) is 6.08 Å². The number of aliphatic imine (C=N–C) groups is 2. The molecule has 8 heteroatoms. The summed E-state index contributed by atoms with van der Waals surface area (Å²) in [6.45, 7) is -0.181. The Hall–Kier alpha value is -1.33. The third kappa shape index (κ3) is 5.00. The minimum atomic E-state index is -4.43. The van der Waals surface area contributed by atoms with Crippen LogP contribution in [-0.2, 0) is 19.7 Å². The topological polar surface area (TPSA) is 113 Å². The largest absolute Gasteiger partial charge is 0.289 e. The second-order valence-corrected chi connectivity index (χ2v) is 3.53. The van der Waals surface area contributed by atoms with Gasteiger partial charge in [-0.25, -0.2) is 14.6 Å². The van der Waals surface area contributed by atoms with E-state index >= 15 is 0 Å². The van der Waals surface area contributed by atoms with Crippen LogP contribution in [-0.4, -0.2) is 37.0 Å². The molecule has 0 aromatic carbocycles. The van der Waals surface area contributed by atoms with E-state index in [-0.39, 0.29) is 13.0 Å². The molecule has 0 bridgehead atoms. The molecule has 72 valence electrons. The maximum absolute atomic E-state index is 10.5. The van der Waals surface area contributed by atoms with Crippen molar-refractivity contribution in [3.8, 4) is 0 Å². The maximum atomic E-state index is 10.5. The van der Waals surface area contributed by atoms with Crippen molar-refractivity contribution in [2.24, 2.45) is 9.98 Å². The summed E-state index contributed by atoms with van der Waals surface area (Å²) in [4.78, 5) is 25.2. The molecule has 0 amide bonds. The summed E-state index contributed by atoms with van der Waals surface area (Å²) in [5, 5.41) is -1.61. The molecule has 0 fully saturated rings. The van der Waals surface area contributed by atoms with E-state index in [1.807, 2.05) is 0 Å². The Labute approximate surface area is 73.9 Å². The van der Waals surface area contributed by atoms with Crippen molar-refractivity contribution in [3.63, 3.8) is 0 Å². The number of carbonyl (C=O) groups excluding carboxylic acids is 2. The first-order valence-corrected chi connectivity index (χ1v) is 4.59.